The maximum Gasteiger partial charge on any atom is 0.191 e. The van der Waals surface area contributed by atoms with Crippen LogP contribution in [0.15, 0.2) is 46.8 Å². The summed E-state index contributed by atoms with van der Waals surface area (Å²) in [5.74, 6) is 0.701. The van der Waals surface area contributed by atoms with E-state index in [2.05, 4.69) is 38.0 Å². The van der Waals surface area contributed by atoms with Gasteiger partial charge in [-0.2, -0.15) is 0 Å². The second-order valence-electron chi connectivity index (χ2n) is 7.57. The van der Waals surface area contributed by atoms with Crippen LogP contribution >= 0.6 is 11.3 Å². The fourth-order valence-electron chi connectivity index (χ4n) is 3.86. The summed E-state index contributed by atoms with van der Waals surface area (Å²) in [6.45, 7) is 3.00. The van der Waals surface area contributed by atoms with Gasteiger partial charge in [0.05, 0.1) is 5.00 Å². The monoisotopic (exact) mass is 386 g/mol. The molecular formula is C21H27FN4S. The van der Waals surface area contributed by atoms with E-state index in [4.69, 9.17) is 0 Å². The molecule has 2 fully saturated rings. The molecule has 0 unspecified atom stereocenters. The predicted molar refractivity (Wildman–Crippen MR) is 111 cm³/mol. The molecule has 2 heterocycles. The first-order chi connectivity index (χ1) is 13.2. The lowest BCUT2D eigenvalue weighted by molar-refractivity contribution is 0.461. The Hall–Kier alpha value is -2.08. The summed E-state index contributed by atoms with van der Waals surface area (Å²) in [6, 6.07) is 11.7. The Bertz CT molecular complexity index is 760. The lowest BCUT2D eigenvalue weighted by Crippen LogP contribution is -2.49. The highest BCUT2D eigenvalue weighted by Gasteiger charge is 2.44. The van der Waals surface area contributed by atoms with E-state index >= 15 is 0 Å². The van der Waals surface area contributed by atoms with Crippen molar-refractivity contribution in [2.75, 3.05) is 31.6 Å². The zero-order chi connectivity index (χ0) is 18.7. The second kappa shape index (κ2) is 7.89. The van der Waals surface area contributed by atoms with Gasteiger partial charge in [-0.1, -0.05) is 12.1 Å². The quantitative estimate of drug-likeness (QED) is 0.607. The van der Waals surface area contributed by atoms with Crippen LogP contribution in [-0.4, -0.2) is 38.7 Å². The summed E-state index contributed by atoms with van der Waals surface area (Å²) in [7, 11) is 1.83. The number of aliphatic imine (C=N–C) groups is 1. The molecule has 27 heavy (non-hydrogen) atoms. The van der Waals surface area contributed by atoms with Crippen molar-refractivity contribution in [2.45, 2.75) is 37.1 Å². The number of halogens is 1. The van der Waals surface area contributed by atoms with E-state index in [1.807, 2.05) is 30.5 Å². The third-order valence-electron chi connectivity index (χ3n) is 5.78. The van der Waals surface area contributed by atoms with Crippen LogP contribution < -0.4 is 15.5 Å². The third-order valence-corrected chi connectivity index (χ3v) is 6.71. The van der Waals surface area contributed by atoms with Crippen LogP contribution in [-0.2, 0) is 5.41 Å². The smallest absolute Gasteiger partial charge is 0.191 e. The van der Waals surface area contributed by atoms with E-state index in [0.29, 0.717) is 6.04 Å². The molecule has 2 N–H and O–H groups in total. The molecule has 1 saturated heterocycles. The van der Waals surface area contributed by atoms with Gasteiger partial charge < -0.3 is 15.5 Å². The number of rotatable bonds is 5. The minimum absolute atomic E-state index is 0.133. The second-order valence-corrected chi connectivity index (χ2v) is 8.50. The van der Waals surface area contributed by atoms with Crippen LogP contribution in [0, 0.1) is 5.82 Å². The zero-order valence-corrected chi connectivity index (χ0v) is 16.6. The largest absolute Gasteiger partial charge is 0.363 e. The minimum Gasteiger partial charge on any atom is -0.363 e. The molecule has 0 amide bonds. The van der Waals surface area contributed by atoms with Gasteiger partial charge in [-0.3, -0.25) is 4.99 Å². The molecule has 4 rings (SSSR count). The number of hydrogen-bond acceptors (Lipinski definition) is 3. The Morgan fingerprint density at radius 1 is 1.22 bits per heavy atom. The standard InChI is InChI=1S/C21H27FN4S/c1-23-20(24-15-21(10-11-21)16-4-6-17(22)7-5-16)25-18-8-12-26(13-9-18)19-3-2-14-27-19/h2-7,14,18H,8-13,15H2,1H3,(H2,23,24,25). The molecule has 2 aromatic rings. The van der Waals surface area contributed by atoms with Crippen LogP contribution in [0.2, 0.25) is 0 Å². The Morgan fingerprint density at radius 3 is 2.56 bits per heavy atom. The van der Waals surface area contributed by atoms with Crippen molar-refractivity contribution in [3.63, 3.8) is 0 Å². The first kappa shape index (κ1) is 18.3. The third kappa shape index (κ3) is 4.26. The van der Waals surface area contributed by atoms with Crippen molar-refractivity contribution in [1.29, 1.82) is 0 Å². The molecule has 0 spiro atoms. The molecule has 2 aliphatic rings. The van der Waals surface area contributed by atoms with Gasteiger partial charge in [0.2, 0.25) is 0 Å². The van der Waals surface area contributed by atoms with Gasteiger partial charge in [0.15, 0.2) is 5.96 Å². The van der Waals surface area contributed by atoms with E-state index in [9.17, 15) is 4.39 Å². The predicted octanol–water partition coefficient (Wildman–Crippen LogP) is 3.75. The highest BCUT2D eigenvalue weighted by molar-refractivity contribution is 7.14. The van der Waals surface area contributed by atoms with Gasteiger partial charge in [0.25, 0.3) is 0 Å². The zero-order valence-electron chi connectivity index (χ0n) is 15.7. The van der Waals surface area contributed by atoms with Gasteiger partial charge in [-0.25, -0.2) is 4.39 Å². The number of guanidine groups is 1. The van der Waals surface area contributed by atoms with Crippen molar-refractivity contribution >= 4 is 22.3 Å². The molecular weight excluding hydrogens is 359 g/mol. The van der Waals surface area contributed by atoms with Crippen LogP contribution in [0.4, 0.5) is 9.39 Å². The molecule has 144 valence electrons. The van der Waals surface area contributed by atoms with Crippen molar-refractivity contribution in [1.82, 2.24) is 10.6 Å². The molecule has 1 aromatic heterocycles. The van der Waals surface area contributed by atoms with E-state index in [1.165, 1.54) is 10.6 Å². The highest BCUT2D eigenvalue weighted by atomic mass is 32.1. The van der Waals surface area contributed by atoms with Crippen molar-refractivity contribution in [2.24, 2.45) is 4.99 Å². The molecule has 6 heteroatoms. The topological polar surface area (TPSA) is 39.7 Å². The van der Waals surface area contributed by atoms with Crippen LogP contribution in [0.25, 0.3) is 0 Å². The van der Waals surface area contributed by atoms with E-state index in [-0.39, 0.29) is 11.2 Å². The van der Waals surface area contributed by atoms with Gasteiger partial charge in [-0.15, -0.1) is 11.3 Å². The van der Waals surface area contributed by atoms with Gasteiger partial charge in [0.1, 0.15) is 5.82 Å². The number of benzene rings is 1. The molecule has 1 aliphatic carbocycles. The van der Waals surface area contributed by atoms with Crippen molar-refractivity contribution in [3.05, 3.63) is 53.2 Å². The van der Waals surface area contributed by atoms with Gasteiger partial charge in [0, 0.05) is 38.1 Å². The molecule has 1 aromatic carbocycles. The van der Waals surface area contributed by atoms with Crippen LogP contribution in [0.5, 0.6) is 0 Å². The summed E-state index contributed by atoms with van der Waals surface area (Å²) in [5.41, 5.74) is 1.35. The number of nitrogens with zero attached hydrogens (tertiary/aromatic N) is 2. The average Bonchev–Trinajstić information content (AvgIpc) is 3.29. The number of piperidine rings is 1. The van der Waals surface area contributed by atoms with Crippen LogP contribution in [0.1, 0.15) is 31.2 Å². The summed E-state index contributed by atoms with van der Waals surface area (Å²) in [5, 5.41) is 10.6. The molecule has 0 radical (unpaired) electrons. The Labute approximate surface area is 164 Å². The molecule has 1 saturated carbocycles. The van der Waals surface area contributed by atoms with E-state index in [1.54, 1.807) is 12.1 Å². The number of thiophene rings is 1. The van der Waals surface area contributed by atoms with Crippen LogP contribution in [0.3, 0.4) is 0 Å². The lowest BCUT2D eigenvalue weighted by atomic mass is 9.96. The Morgan fingerprint density at radius 2 is 1.96 bits per heavy atom. The fraction of sp³-hybridized carbons (Fsp3) is 0.476. The summed E-state index contributed by atoms with van der Waals surface area (Å²) >= 11 is 1.81. The van der Waals surface area contributed by atoms with E-state index < -0.39 is 0 Å². The molecule has 0 bridgehead atoms. The number of nitrogens with one attached hydrogen (secondary N) is 2. The number of anilines is 1. The summed E-state index contributed by atoms with van der Waals surface area (Å²) in [4.78, 5) is 6.88. The van der Waals surface area contributed by atoms with E-state index in [0.717, 1.165) is 51.3 Å². The fourth-order valence-corrected chi connectivity index (χ4v) is 4.64. The SMILES string of the molecule is CN=C(NCC1(c2ccc(F)cc2)CC1)NC1CCN(c2cccs2)CC1. The van der Waals surface area contributed by atoms with Gasteiger partial charge in [-0.05, 0) is 60.9 Å². The maximum absolute atomic E-state index is 13.2. The Kier molecular flexibility index (Phi) is 5.34. The average molecular weight is 387 g/mol. The highest BCUT2D eigenvalue weighted by Crippen LogP contribution is 2.47. The molecule has 0 atom stereocenters. The minimum atomic E-state index is -0.172. The lowest BCUT2D eigenvalue weighted by Gasteiger charge is -2.33. The molecule has 4 nitrogen and oxygen atoms in total. The summed E-state index contributed by atoms with van der Waals surface area (Å²) < 4.78 is 13.2. The van der Waals surface area contributed by atoms with Crippen molar-refractivity contribution < 1.29 is 4.39 Å². The summed E-state index contributed by atoms with van der Waals surface area (Å²) in [6.07, 6.45) is 4.51. The normalized spacial score (nSPS) is 19.8. The van der Waals surface area contributed by atoms with Crippen molar-refractivity contribution in [3.8, 4) is 0 Å². The molecule has 1 aliphatic heterocycles. The number of hydrogen-bond donors (Lipinski definition) is 2. The Balaban J connectivity index is 1.27. The maximum atomic E-state index is 13.2. The first-order valence-electron chi connectivity index (χ1n) is 9.70. The first-order valence-corrected chi connectivity index (χ1v) is 10.6. The van der Waals surface area contributed by atoms with Gasteiger partial charge >= 0.3 is 0 Å².